The first kappa shape index (κ1) is 27.9. The summed E-state index contributed by atoms with van der Waals surface area (Å²) in [6.07, 6.45) is 0. The van der Waals surface area contributed by atoms with Gasteiger partial charge in [0.15, 0.2) is 0 Å². The van der Waals surface area contributed by atoms with Gasteiger partial charge in [0.05, 0.1) is 53.8 Å². The zero-order valence-electron chi connectivity index (χ0n) is 15.1. The molecule has 2 aromatic carbocycles. The molecule has 2 N–H and O–H groups in total. The van der Waals surface area contributed by atoms with Crippen molar-refractivity contribution in [3.63, 3.8) is 0 Å². The van der Waals surface area contributed by atoms with Crippen molar-refractivity contribution in [2.45, 2.75) is 0 Å². The molecule has 21 heteroatoms. The number of aromatic hydroxyl groups is 2. The van der Waals surface area contributed by atoms with E-state index in [2.05, 4.69) is 0 Å². The Bertz CT molecular complexity index is 1020. The summed E-state index contributed by atoms with van der Waals surface area (Å²) in [4.78, 5) is 55.5. The molecule has 0 spiro atoms. The number of nitro groups is 6. The van der Waals surface area contributed by atoms with Crippen LogP contribution in [0.3, 0.4) is 0 Å². The maximum absolute atomic E-state index is 10.4. The van der Waals surface area contributed by atoms with Gasteiger partial charge < -0.3 is 10.2 Å². The Labute approximate surface area is 187 Å². The molecule has 0 saturated carbocycles. The molecule has 0 atom stereocenters. The van der Waals surface area contributed by atoms with Crippen LogP contribution in [0.25, 0.3) is 0 Å². The number of phenolic OH excluding ortho intramolecular Hbond substituents is 2. The fourth-order valence-corrected chi connectivity index (χ4v) is 1.95. The van der Waals surface area contributed by atoms with Gasteiger partial charge >= 0.3 is 22.7 Å². The molecule has 0 aliphatic rings. The van der Waals surface area contributed by atoms with Crippen LogP contribution in [0.15, 0.2) is 24.3 Å². The monoisotopic (exact) mass is 517 g/mol. The molecule has 20 nitrogen and oxygen atoms in total. The molecule has 0 bridgehead atoms. The Morgan fingerprint density at radius 2 is 0.636 bits per heavy atom. The van der Waals surface area contributed by atoms with Crippen LogP contribution in [0.1, 0.15) is 0 Å². The maximum Gasteiger partial charge on any atom is 0.324 e. The molecule has 177 valence electrons. The molecule has 2 aromatic rings. The molecule has 33 heavy (non-hydrogen) atoms. The average Bonchev–Trinajstić information content (AvgIpc) is 2.67. The minimum atomic E-state index is -1.21. The van der Waals surface area contributed by atoms with E-state index in [9.17, 15) is 60.7 Å². The molecule has 1 radical (unpaired) electrons. The molecule has 0 amide bonds. The predicted octanol–water partition coefficient (Wildman–Crippen LogP) is 2.23. The molecule has 0 aliphatic carbocycles. The molecule has 0 unspecified atom stereocenters. The van der Waals surface area contributed by atoms with E-state index < -0.39 is 75.2 Å². The molecule has 0 aliphatic heterocycles. The van der Waals surface area contributed by atoms with E-state index in [1.807, 2.05) is 0 Å². The van der Waals surface area contributed by atoms with Gasteiger partial charge in [-0.2, -0.15) is 0 Å². The molecule has 0 fully saturated rings. The minimum Gasteiger partial charge on any atom is -0.497 e. The second-order valence-corrected chi connectivity index (χ2v) is 5.21. The maximum atomic E-state index is 10.4. The van der Waals surface area contributed by atoms with Gasteiger partial charge in [-0.25, -0.2) is 0 Å². The van der Waals surface area contributed by atoms with Crippen molar-refractivity contribution in [2.75, 3.05) is 0 Å². The van der Waals surface area contributed by atoms with Gasteiger partial charge in [0.25, 0.3) is 22.9 Å². The van der Waals surface area contributed by atoms with Crippen LogP contribution >= 0.6 is 0 Å². The van der Waals surface area contributed by atoms with Crippen LogP contribution in [0.4, 0.5) is 34.1 Å². The van der Waals surface area contributed by atoms with Crippen molar-refractivity contribution < 1.29 is 56.5 Å². The van der Waals surface area contributed by atoms with E-state index in [0.717, 1.165) is 0 Å². The van der Waals surface area contributed by atoms with Crippen molar-refractivity contribution in [1.82, 2.24) is 0 Å². The van der Waals surface area contributed by atoms with E-state index in [0.29, 0.717) is 24.3 Å². The third-order valence-corrected chi connectivity index (χ3v) is 3.32. The Morgan fingerprint density at radius 1 is 0.455 bits per heavy atom. The molecule has 0 aromatic heterocycles. The van der Waals surface area contributed by atoms with Gasteiger partial charge in [-0.1, -0.05) is 0 Å². The quantitative estimate of drug-likeness (QED) is 0.410. The number of phenols is 2. The first-order valence-corrected chi connectivity index (χ1v) is 7.29. The summed E-state index contributed by atoms with van der Waals surface area (Å²) in [6, 6.07) is 1.79. The number of hydrogen-bond acceptors (Lipinski definition) is 14. The van der Waals surface area contributed by atoms with E-state index >= 15 is 0 Å². The summed E-state index contributed by atoms with van der Waals surface area (Å²) in [5.41, 5.74) is -6.00. The number of benzene rings is 2. The van der Waals surface area contributed by atoms with Gasteiger partial charge in [-0.15, -0.1) is 0 Å². The first-order valence-electron chi connectivity index (χ1n) is 7.29. The van der Waals surface area contributed by atoms with E-state index in [1.165, 1.54) is 0 Å². The largest absolute Gasteiger partial charge is 0.497 e. The van der Waals surface area contributed by atoms with Crippen molar-refractivity contribution in [2.24, 2.45) is 0 Å². The summed E-state index contributed by atoms with van der Waals surface area (Å²) in [6.45, 7) is 0. The van der Waals surface area contributed by atoms with Crippen molar-refractivity contribution in [3.8, 4) is 11.5 Å². The second kappa shape index (κ2) is 10.8. The Morgan fingerprint density at radius 3 is 0.758 bits per heavy atom. The fraction of sp³-hybridized carbons (Fsp3) is 0. The Hall–Kier alpha value is -5.05. The zero-order valence-corrected chi connectivity index (χ0v) is 16.2. The summed E-state index contributed by atoms with van der Waals surface area (Å²) < 4.78 is 0. The minimum absolute atomic E-state index is 0. The second-order valence-electron chi connectivity index (χ2n) is 5.21. The molecule has 0 saturated heterocycles. The fourth-order valence-electron chi connectivity index (χ4n) is 1.95. The normalized spacial score (nSPS) is 9.45. The smallest absolute Gasteiger partial charge is 0.324 e. The average molecular weight is 517 g/mol. The predicted molar refractivity (Wildman–Crippen MR) is 96.1 cm³/mol. The number of hydrogen-bond donors (Lipinski definition) is 2. The number of rotatable bonds is 6. The third kappa shape index (κ3) is 6.46. The summed E-state index contributed by atoms with van der Waals surface area (Å²) in [5.74, 6) is -2.42. The van der Waals surface area contributed by atoms with Gasteiger partial charge in [0, 0.05) is 16.8 Å². The van der Waals surface area contributed by atoms with Crippen LogP contribution in [0.5, 0.6) is 11.5 Å². The molecule has 0 heterocycles. The SMILES string of the molecule is O=[N+]([O-])c1cc([N+](=O)[O-])c(O)c([N+](=O)[O-])c1.O=[N+]([O-])c1cc([N+](=O)[O-])c(O)c([N+](=O)[O-])c1.[Co]. The van der Waals surface area contributed by atoms with Crippen molar-refractivity contribution in [1.29, 1.82) is 0 Å². The van der Waals surface area contributed by atoms with Crippen LogP contribution in [0.2, 0.25) is 0 Å². The Balaban J connectivity index is 0.000000602. The first-order chi connectivity index (χ1) is 14.7. The van der Waals surface area contributed by atoms with Crippen LogP contribution in [-0.4, -0.2) is 39.8 Å². The van der Waals surface area contributed by atoms with Gasteiger partial charge in [0.1, 0.15) is 0 Å². The molecule has 2 rings (SSSR count). The third-order valence-electron chi connectivity index (χ3n) is 3.32. The van der Waals surface area contributed by atoms with Gasteiger partial charge in [-0.3, -0.25) is 60.7 Å². The molecular weight excluding hydrogens is 511 g/mol. The van der Waals surface area contributed by atoms with Crippen molar-refractivity contribution >= 4 is 34.1 Å². The topological polar surface area (TPSA) is 299 Å². The number of non-ortho nitro benzene ring substituents is 2. The molecular formula is C12H6CoN6O14. The van der Waals surface area contributed by atoms with Gasteiger partial charge in [-0.05, 0) is 0 Å². The van der Waals surface area contributed by atoms with Crippen LogP contribution < -0.4 is 0 Å². The Kier molecular flexibility index (Phi) is 9.16. The van der Waals surface area contributed by atoms with Gasteiger partial charge in [0.2, 0.25) is 0 Å². The number of nitrogens with zero attached hydrogens (tertiary/aromatic N) is 6. The summed E-state index contributed by atoms with van der Waals surface area (Å²) >= 11 is 0. The van der Waals surface area contributed by atoms with E-state index in [1.54, 1.807) is 0 Å². The van der Waals surface area contributed by atoms with Crippen molar-refractivity contribution in [3.05, 3.63) is 85.0 Å². The number of nitro benzene ring substituents is 6. The summed E-state index contributed by atoms with van der Waals surface area (Å²) in [7, 11) is 0. The summed E-state index contributed by atoms with van der Waals surface area (Å²) in [5, 5.41) is 80.4. The van der Waals surface area contributed by atoms with E-state index in [-0.39, 0.29) is 16.8 Å². The van der Waals surface area contributed by atoms with E-state index in [4.69, 9.17) is 10.2 Å². The van der Waals surface area contributed by atoms with Crippen LogP contribution in [0, 0.1) is 60.7 Å². The zero-order chi connectivity index (χ0) is 24.9. The van der Waals surface area contributed by atoms with Crippen LogP contribution in [-0.2, 0) is 16.8 Å². The standard InChI is InChI=1S/2C6H3N3O7.Co/c2*10-6-4(8(13)14)1-3(7(11)12)2-5(6)9(15)16;/h2*1-2,10H;.